The minimum absolute atomic E-state index is 0.640. The summed E-state index contributed by atoms with van der Waals surface area (Å²) >= 11 is 1.43. The molecular formula is C19H18N4OS. The average Bonchev–Trinajstić information content (AvgIpc) is 3.05. The zero-order valence-corrected chi connectivity index (χ0v) is 15.1. The molecule has 126 valence electrons. The average molecular weight is 350 g/mol. The van der Waals surface area contributed by atoms with E-state index in [1.165, 1.54) is 11.3 Å². The first-order valence-electron chi connectivity index (χ1n) is 7.72. The number of aromatic nitrogens is 3. The van der Waals surface area contributed by atoms with Crippen LogP contribution in [-0.2, 0) is 5.60 Å². The maximum Gasteiger partial charge on any atom is 0.132 e. The second-order valence-corrected chi connectivity index (χ2v) is 7.23. The summed E-state index contributed by atoms with van der Waals surface area (Å²) in [5.41, 5.74) is 1.64. The van der Waals surface area contributed by atoms with E-state index in [1.807, 2.05) is 19.1 Å². The predicted octanol–water partition coefficient (Wildman–Crippen LogP) is 3.86. The molecule has 0 spiro atoms. The third-order valence-corrected chi connectivity index (χ3v) is 4.77. The molecule has 3 aromatic rings. The Morgan fingerprint density at radius 3 is 2.68 bits per heavy atom. The zero-order valence-electron chi connectivity index (χ0n) is 14.2. The van der Waals surface area contributed by atoms with Crippen LogP contribution in [0.1, 0.15) is 30.0 Å². The number of anilines is 2. The van der Waals surface area contributed by atoms with Gasteiger partial charge in [0.2, 0.25) is 0 Å². The summed E-state index contributed by atoms with van der Waals surface area (Å²) < 4.78 is 0. The molecule has 0 amide bonds. The molecule has 0 aliphatic heterocycles. The number of nitrogens with zero attached hydrogens (tertiary/aromatic N) is 3. The summed E-state index contributed by atoms with van der Waals surface area (Å²) in [6.45, 7) is 5.44. The van der Waals surface area contributed by atoms with E-state index in [2.05, 4.69) is 26.2 Å². The predicted molar refractivity (Wildman–Crippen MR) is 101 cm³/mol. The Hall–Kier alpha value is -2.75. The van der Waals surface area contributed by atoms with Crippen LogP contribution in [0.15, 0.2) is 36.7 Å². The van der Waals surface area contributed by atoms with Crippen LogP contribution in [0.5, 0.6) is 0 Å². The highest BCUT2D eigenvalue weighted by Gasteiger charge is 2.21. The van der Waals surface area contributed by atoms with Crippen LogP contribution in [0, 0.1) is 19.3 Å². The third kappa shape index (κ3) is 4.02. The number of hydrogen-bond donors (Lipinski definition) is 2. The third-order valence-electron chi connectivity index (χ3n) is 3.43. The number of aliphatic hydroxyl groups is 1. The summed E-state index contributed by atoms with van der Waals surface area (Å²) in [4.78, 5) is 14.1. The molecule has 3 aromatic heterocycles. The van der Waals surface area contributed by atoms with Crippen molar-refractivity contribution < 1.29 is 5.11 Å². The summed E-state index contributed by atoms with van der Waals surface area (Å²) in [5.74, 6) is 3.90. The highest BCUT2D eigenvalue weighted by Crippen LogP contribution is 2.32. The summed E-state index contributed by atoms with van der Waals surface area (Å²) in [5, 5.41) is 13.9. The first kappa shape index (κ1) is 17.1. The Morgan fingerprint density at radius 1 is 1.20 bits per heavy atom. The van der Waals surface area contributed by atoms with E-state index in [-0.39, 0.29) is 0 Å². The van der Waals surface area contributed by atoms with E-state index >= 15 is 0 Å². The Kier molecular flexibility index (Phi) is 4.53. The molecule has 2 N–H and O–H groups in total. The first-order valence-corrected chi connectivity index (χ1v) is 8.54. The molecule has 3 rings (SSSR count). The maximum absolute atomic E-state index is 10.1. The van der Waals surface area contributed by atoms with Crippen LogP contribution in [0.3, 0.4) is 0 Å². The maximum atomic E-state index is 10.1. The molecule has 0 saturated heterocycles. The van der Waals surface area contributed by atoms with Crippen molar-refractivity contribution in [2.24, 2.45) is 0 Å². The lowest BCUT2D eigenvalue weighted by Crippen LogP contribution is -2.14. The van der Waals surface area contributed by atoms with Gasteiger partial charge in [0.05, 0.1) is 10.6 Å². The molecule has 0 bridgehead atoms. The lowest BCUT2D eigenvalue weighted by Gasteiger charge is -2.12. The fourth-order valence-corrected chi connectivity index (χ4v) is 3.13. The molecule has 0 aromatic carbocycles. The van der Waals surface area contributed by atoms with Crippen LogP contribution in [-0.4, -0.2) is 20.1 Å². The monoisotopic (exact) mass is 350 g/mol. The molecule has 5 nitrogen and oxygen atoms in total. The van der Waals surface area contributed by atoms with Gasteiger partial charge in [0.1, 0.15) is 22.2 Å². The quantitative estimate of drug-likeness (QED) is 0.699. The standard InChI is InChI=1S/C19H18N4OS/c1-5-13-6-7-20-16(10-13)23-17-9-12(2)8-14(22-17)15-11-21-18(25-15)19(3,4)24/h1,6-11,24H,2-4H3,(H,20,22,23). The van der Waals surface area contributed by atoms with Gasteiger partial charge in [-0.15, -0.1) is 17.8 Å². The van der Waals surface area contributed by atoms with Gasteiger partial charge in [0, 0.05) is 18.0 Å². The van der Waals surface area contributed by atoms with Crippen molar-refractivity contribution in [1.82, 2.24) is 15.0 Å². The number of pyridine rings is 2. The molecule has 0 aliphatic rings. The highest BCUT2D eigenvalue weighted by molar-refractivity contribution is 7.15. The second-order valence-electron chi connectivity index (χ2n) is 6.20. The van der Waals surface area contributed by atoms with Crippen LogP contribution in [0.4, 0.5) is 11.6 Å². The number of nitrogens with one attached hydrogen (secondary N) is 1. The van der Waals surface area contributed by atoms with Gasteiger partial charge in [0.25, 0.3) is 0 Å². The Bertz CT molecular complexity index is 951. The van der Waals surface area contributed by atoms with Crippen LogP contribution < -0.4 is 5.32 Å². The largest absolute Gasteiger partial charge is 0.383 e. The number of aryl methyl sites for hydroxylation is 1. The minimum Gasteiger partial charge on any atom is -0.383 e. The first-order chi connectivity index (χ1) is 11.8. The van der Waals surface area contributed by atoms with Crippen molar-refractivity contribution in [3.05, 3.63) is 52.8 Å². The van der Waals surface area contributed by atoms with Crippen LogP contribution in [0.25, 0.3) is 10.6 Å². The Balaban J connectivity index is 1.93. The van der Waals surface area contributed by atoms with Gasteiger partial charge >= 0.3 is 0 Å². The van der Waals surface area contributed by atoms with E-state index in [4.69, 9.17) is 6.42 Å². The number of hydrogen-bond acceptors (Lipinski definition) is 6. The van der Waals surface area contributed by atoms with Gasteiger partial charge < -0.3 is 10.4 Å². The van der Waals surface area contributed by atoms with E-state index < -0.39 is 5.60 Å². The van der Waals surface area contributed by atoms with Gasteiger partial charge in [-0.25, -0.2) is 15.0 Å². The van der Waals surface area contributed by atoms with Gasteiger partial charge in [-0.2, -0.15) is 0 Å². The fraction of sp³-hybridized carbons (Fsp3) is 0.211. The van der Waals surface area contributed by atoms with Crippen molar-refractivity contribution in [2.75, 3.05) is 5.32 Å². The smallest absolute Gasteiger partial charge is 0.132 e. The molecule has 25 heavy (non-hydrogen) atoms. The zero-order chi connectivity index (χ0) is 18.0. The Labute approximate surface area is 150 Å². The summed E-state index contributed by atoms with van der Waals surface area (Å²) in [7, 11) is 0. The van der Waals surface area contributed by atoms with Crippen molar-refractivity contribution in [3.63, 3.8) is 0 Å². The number of terminal acetylenes is 1. The van der Waals surface area contributed by atoms with Crippen molar-refractivity contribution in [3.8, 4) is 22.9 Å². The lowest BCUT2D eigenvalue weighted by molar-refractivity contribution is 0.0783. The van der Waals surface area contributed by atoms with Gasteiger partial charge in [0.15, 0.2) is 0 Å². The molecule has 0 radical (unpaired) electrons. The fourth-order valence-electron chi connectivity index (χ4n) is 2.25. The highest BCUT2D eigenvalue weighted by atomic mass is 32.1. The minimum atomic E-state index is -0.965. The molecule has 0 atom stereocenters. The van der Waals surface area contributed by atoms with Crippen LogP contribution >= 0.6 is 11.3 Å². The van der Waals surface area contributed by atoms with Crippen molar-refractivity contribution >= 4 is 23.0 Å². The van der Waals surface area contributed by atoms with Crippen molar-refractivity contribution in [1.29, 1.82) is 0 Å². The van der Waals surface area contributed by atoms with Gasteiger partial charge in [-0.3, -0.25) is 0 Å². The summed E-state index contributed by atoms with van der Waals surface area (Å²) in [6.07, 6.45) is 8.82. The molecule has 0 fully saturated rings. The normalized spacial score (nSPS) is 11.2. The van der Waals surface area contributed by atoms with E-state index in [9.17, 15) is 5.11 Å². The van der Waals surface area contributed by atoms with Gasteiger partial charge in [-0.05, 0) is 50.6 Å². The molecule has 0 unspecified atom stereocenters. The molecule has 3 heterocycles. The van der Waals surface area contributed by atoms with E-state index in [0.29, 0.717) is 16.6 Å². The van der Waals surface area contributed by atoms with Gasteiger partial charge in [-0.1, -0.05) is 5.92 Å². The van der Waals surface area contributed by atoms with Crippen LogP contribution in [0.2, 0.25) is 0 Å². The van der Waals surface area contributed by atoms with E-state index in [1.54, 1.807) is 38.4 Å². The number of thiazole rings is 1. The molecule has 0 aliphatic carbocycles. The van der Waals surface area contributed by atoms with E-state index in [0.717, 1.165) is 21.7 Å². The topological polar surface area (TPSA) is 70.9 Å². The number of rotatable bonds is 4. The lowest BCUT2D eigenvalue weighted by atomic mass is 10.2. The molecule has 6 heteroatoms. The molecule has 0 saturated carbocycles. The SMILES string of the molecule is C#Cc1ccnc(Nc2cc(C)cc(-c3cnc(C(C)(C)O)s3)n2)c1. The second kappa shape index (κ2) is 6.63. The molecular weight excluding hydrogens is 332 g/mol. The summed E-state index contributed by atoms with van der Waals surface area (Å²) in [6, 6.07) is 7.49. The Morgan fingerprint density at radius 2 is 2.00 bits per heavy atom. The van der Waals surface area contributed by atoms with Crippen molar-refractivity contribution in [2.45, 2.75) is 26.4 Å².